The summed E-state index contributed by atoms with van der Waals surface area (Å²) in [5.74, 6) is -2.44. The fourth-order valence-corrected chi connectivity index (χ4v) is 2.54. The van der Waals surface area contributed by atoms with Gasteiger partial charge in [0.05, 0.1) is 10.0 Å². The van der Waals surface area contributed by atoms with Crippen molar-refractivity contribution in [1.29, 1.82) is 0 Å². The Labute approximate surface area is 170 Å². The molecule has 0 aliphatic heterocycles. The van der Waals surface area contributed by atoms with Crippen LogP contribution in [0.5, 0.6) is 11.9 Å². The number of nitrogen functional groups attached to an aromatic ring is 1. The van der Waals surface area contributed by atoms with Crippen LogP contribution in [0.2, 0.25) is 0 Å². The zero-order valence-electron chi connectivity index (χ0n) is 13.6. The summed E-state index contributed by atoms with van der Waals surface area (Å²) in [6.45, 7) is -0.674. The van der Waals surface area contributed by atoms with E-state index in [1.54, 1.807) is 12.1 Å². The van der Waals surface area contributed by atoms with Gasteiger partial charge in [0.15, 0.2) is 6.61 Å². The summed E-state index contributed by atoms with van der Waals surface area (Å²) in [6.07, 6.45) is 4.01. The van der Waals surface area contributed by atoms with E-state index >= 15 is 0 Å². The van der Waals surface area contributed by atoms with E-state index in [4.69, 9.17) is 15.2 Å². The Morgan fingerprint density at radius 2 is 1.63 bits per heavy atom. The number of aromatic nitrogens is 4. The monoisotopic (exact) mass is 497 g/mol. The molecule has 1 aromatic carbocycles. The van der Waals surface area contributed by atoms with Gasteiger partial charge in [0.2, 0.25) is 5.88 Å². The maximum atomic E-state index is 10.0. The summed E-state index contributed by atoms with van der Waals surface area (Å²) in [4.78, 5) is 15.6. The molecule has 0 aliphatic carbocycles. The topological polar surface area (TPSA) is 136 Å². The van der Waals surface area contributed by atoms with Gasteiger partial charge in [-0.1, -0.05) is 28.1 Å². The highest BCUT2D eigenvalue weighted by atomic mass is 79.9. The summed E-state index contributed by atoms with van der Waals surface area (Å²) in [5.41, 5.74) is 7.06. The average molecular weight is 499 g/mol. The predicted molar refractivity (Wildman–Crippen MR) is 103 cm³/mol. The lowest BCUT2D eigenvalue weighted by molar-refractivity contribution is -0.306. The van der Waals surface area contributed by atoms with Gasteiger partial charge in [-0.3, -0.25) is 0 Å². The lowest BCUT2D eigenvalue weighted by atomic mass is 10.1. The zero-order chi connectivity index (χ0) is 19.4. The molecule has 2 aromatic heterocycles. The molecule has 0 radical (unpaired) electrons. The molecular formula is C16H13Br2N5O4. The van der Waals surface area contributed by atoms with Crippen molar-refractivity contribution in [3.05, 3.63) is 51.9 Å². The van der Waals surface area contributed by atoms with Crippen LogP contribution in [0.1, 0.15) is 0 Å². The minimum absolute atomic E-state index is 0.0672. The van der Waals surface area contributed by atoms with Crippen LogP contribution in [-0.2, 0) is 0 Å². The van der Waals surface area contributed by atoms with Crippen molar-refractivity contribution < 1.29 is 19.7 Å². The fraction of sp³-hybridized carbons (Fsp3) is 0.125. The summed E-state index contributed by atoms with van der Waals surface area (Å²) < 4.78 is 11.9. The number of halogens is 2. The highest BCUT2D eigenvalue weighted by Crippen LogP contribution is 2.33. The Hall–Kier alpha value is -2.34. The van der Waals surface area contributed by atoms with E-state index in [0.29, 0.717) is 15.6 Å². The van der Waals surface area contributed by atoms with Crippen molar-refractivity contribution in [3.63, 3.8) is 0 Å². The molecule has 140 valence electrons. The van der Waals surface area contributed by atoms with Crippen LogP contribution >= 0.6 is 31.9 Å². The van der Waals surface area contributed by atoms with Crippen LogP contribution < -0.4 is 15.2 Å². The van der Waals surface area contributed by atoms with Crippen LogP contribution in [0.3, 0.4) is 0 Å². The SMILES string of the molecule is Nc1ncnc(OCC(O)(O)Oc2ncc(Br)cn2)c1-c1ccc(Br)cc1. The number of hydrogen-bond donors (Lipinski definition) is 3. The summed E-state index contributed by atoms with van der Waals surface area (Å²) >= 11 is 6.53. The highest BCUT2D eigenvalue weighted by molar-refractivity contribution is 9.10. The molecule has 0 saturated heterocycles. The van der Waals surface area contributed by atoms with Crippen molar-refractivity contribution >= 4 is 37.7 Å². The van der Waals surface area contributed by atoms with Crippen LogP contribution in [0.15, 0.2) is 51.9 Å². The molecule has 4 N–H and O–H groups in total. The molecule has 0 amide bonds. The van der Waals surface area contributed by atoms with Gasteiger partial charge in [-0.05, 0) is 33.6 Å². The van der Waals surface area contributed by atoms with Crippen molar-refractivity contribution in [2.75, 3.05) is 12.3 Å². The van der Waals surface area contributed by atoms with Gasteiger partial charge in [0, 0.05) is 16.9 Å². The van der Waals surface area contributed by atoms with Gasteiger partial charge < -0.3 is 25.4 Å². The Morgan fingerprint density at radius 1 is 0.963 bits per heavy atom. The average Bonchev–Trinajstić information content (AvgIpc) is 2.63. The maximum absolute atomic E-state index is 10.0. The summed E-state index contributed by atoms with van der Waals surface area (Å²) in [5, 5.41) is 20.0. The van der Waals surface area contributed by atoms with Gasteiger partial charge in [-0.2, -0.15) is 0 Å². The molecule has 0 unspecified atom stereocenters. The predicted octanol–water partition coefficient (Wildman–Crippen LogP) is 2.14. The first-order chi connectivity index (χ1) is 12.8. The molecule has 11 heteroatoms. The number of ether oxygens (including phenoxy) is 2. The second kappa shape index (κ2) is 8.13. The summed E-state index contributed by atoms with van der Waals surface area (Å²) in [6, 6.07) is 7.00. The lowest BCUT2D eigenvalue weighted by Crippen LogP contribution is -2.42. The highest BCUT2D eigenvalue weighted by Gasteiger charge is 2.29. The third-order valence-electron chi connectivity index (χ3n) is 3.22. The number of nitrogens with zero attached hydrogens (tertiary/aromatic N) is 4. The Balaban J connectivity index is 1.78. The van der Waals surface area contributed by atoms with Crippen molar-refractivity contribution in [3.8, 4) is 23.0 Å². The van der Waals surface area contributed by atoms with Gasteiger partial charge in [0.25, 0.3) is 0 Å². The van der Waals surface area contributed by atoms with Crippen molar-refractivity contribution in [2.24, 2.45) is 0 Å². The molecule has 3 aromatic rings. The van der Waals surface area contributed by atoms with Gasteiger partial charge in [-0.25, -0.2) is 19.9 Å². The molecule has 0 bridgehead atoms. The summed E-state index contributed by atoms with van der Waals surface area (Å²) in [7, 11) is 0. The quantitative estimate of drug-likeness (QED) is 0.436. The van der Waals surface area contributed by atoms with Crippen molar-refractivity contribution in [1.82, 2.24) is 19.9 Å². The molecular weight excluding hydrogens is 486 g/mol. The van der Waals surface area contributed by atoms with E-state index in [2.05, 4.69) is 51.8 Å². The minimum atomic E-state index is -2.69. The fourth-order valence-electron chi connectivity index (χ4n) is 2.07. The second-order valence-corrected chi connectivity index (χ2v) is 7.10. The van der Waals surface area contributed by atoms with Crippen LogP contribution in [0.25, 0.3) is 11.1 Å². The Bertz CT molecular complexity index is 923. The van der Waals surface area contributed by atoms with Crippen LogP contribution in [-0.4, -0.2) is 42.7 Å². The number of rotatable bonds is 6. The van der Waals surface area contributed by atoms with Crippen LogP contribution in [0.4, 0.5) is 5.82 Å². The molecule has 2 heterocycles. The number of nitrogens with two attached hydrogens (primary N) is 1. The van der Waals surface area contributed by atoms with Crippen LogP contribution in [0, 0.1) is 0 Å². The number of anilines is 1. The smallest absolute Gasteiger partial charge is 0.360 e. The molecule has 0 spiro atoms. The van der Waals surface area contributed by atoms with E-state index in [-0.39, 0.29) is 17.7 Å². The first kappa shape index (κ1) is 19.4. The van der Waals surface area contributed by atoms with Gasteiger partial charge >= 0.3 is 12.0 Å². The zero-order valence-corrected chi connectivity index (χ0v) is 16.8. The molecule has 0 atom stereocenters. The first-order valence-electron chi connectivity index (χ1n) is 7.44. The van der Waals surface area contributed by atoms with E-state index in [9.17, 15) is 10.2 Å². The molecule has 27 heavy (non-hydrogen) atoms. The van der Waals surface area contributed by atoms with E-state index < -0.39 is 12.6 Å². The van der Waals surface area contributed by atoms with E-state index in [1.807, 2.05) is 12.1 Å². The number of aliphatic hydroxyl groups is 2. The third kappa shape index (κ3) is 5.10. The molecule has 0 saturated carbocycles. The lowest BCUT2D eigenvalue weighted by Gasteiger charge is -2.22. The van der Waals surface area contributed by atoms with Gasteiger partial charge in [0.1, 0.15) is 12.1 Å². The Morgan fingerprint density at radius 3 is 2.30 bits per heavy atom. The molecule has 0 aliphatic rings. The molecule has 0 fully saturated rings. The number of hydrogen-bond acceptors (Lipinski definition) is 9. The maximum Gasteiger partial charge on any atom is 0.360 e. The van der Waals surface area contributed by atoms with E-state index in [0.717, 1.165) is 4.47 Å². The second-order valence-electron chi connectivity index (χ2n) is 5.26. The minimum Gasteiger partial charge on any atom is -0.467 e. The number of benzene rings is 1. The molecule has 9 nitrogen and oxygen atoms in total. The standard InChI is InChI=1S/C16H13Br2N5O4/c17-10-3-1-9(2-4-10)12-13(19)22-8-23-14(12)26-7-16(24,25)27-15-20-5-11(18)6-21-15/h1-6,8,24-25H,7H2,(H2,19,22,23). The Kier molecular flexibility index (Phi) is 5.85. The normalized spacial score (nSPS) is 11.3. The van der Waals surface area contributed by atoms with E-state index in [1.165, 1.54) is 18.7 Å². The van der Waals surface area contributed by atoms with Gasteiger partial charge in [-0.15, -0.1) is 0 Å². The first-order valence-corrected chi connectivity index (χ1v) is 9.03. The third-order valence-corrected chi connectivity index (χ3v) is 4.16. The largest absolute Gasteiger partial charge is 0.467 e. The van der Waals surface area contributed by atoms with Crippen molar-refractivity contribution in [2.45, 2.75) is 5.97 Å². The molecule has 3 rings (SSSR count).